The molecule has 0 radical (unpaired) electrons. The summed E-state index contributed by atoms with van der Waals surface area (Å²) in [5.74, 6) is -0.880. The molecule has 19 heavy (non-hydrogen) atoms. The molecule has 1 amide bonds. The molecule has 0 saturated heterocycles. The number of nitrogens with two attached hydrogens (primary N) is 1. The molecule has 2 rings (SSSR count). The molecular formula is C14H14FN3O. The molecule has 0 fully saturated rings. The van der Waals surface area contributed by atoms with Gasteiger partial charge >= 0.3 is 0 Å². The van der Waals surface area contributed by atoms with E-state index in [1.807, 2.05) is 24.3 Å². The van der Waals surface area contributed by atoms with Gasteiger partial charge in [-0.05, 0) is 17.2 Å². The lowest BCUT2D eigenvalue weighted by atomic mass is 10.1. The molecule has 98 valence electrons. The van der Waals surface area contributed by atoms with Crippen LogP contribution in [-0.2, 0) is 13.1 Å². The molecule has 0 spiro atoms. The fourth-order valence-electron chi connectivity index (χ4n) is 1.61. The van der Waals surface area contributed by atoms with Gasteiger partial charge in [0.2, 0.25) is 0 Å². The zero-order valence-electron chi connectivity index (χ0n) is 10.3. The van der Waals surface area contributed by atoms with Gasteiger partial charge in [0.15, 0.2) is 0 Å². The number of benzene rings is 1. The van der Waals surface area contributed by atoms with Crippen LogP contribution in [0.1, 0.15) is 21.5 Å². The van der Waals surface area contributed by atoms with Gasteiger partial charge in [0, 0.05) is 19.3 Å². The molecule has 0 aliphatic carbocycles. The molecule has 0 atom stereocenters. The van der Waals surface area contributed by atoms with E-state index in [1.54, 1.807) is 0 Å². The number of rotatable bonds is 4. The first-order chi connectivity index (χ1) is 9.19. The van der Waals surface area contributed by atoms with Crippen molar-refractivity contribution in [1.82, 2.24) is 10.3 Å². The number of carbonyl (C=O) groups is 1. The Labute approximate surface area is 110 Å². The zero-order chi connectivity index (χ0) is 13.7. The molecule has 1 aromatic carbocycles. The molecule has 0 aliphatic rings. The van der Waals surface area contributed by atoms with Crippen molar-refractivity contribution in [3.05, 3.63) is 65.2 Å². The van der Waals surface area contributed by atoms with Gasteiger partial charge in [-0.1, -0.05) is 24.3 Å². The Balaban J connectivity index is 1.96. The normalized spacial score (nSPS) is 10.2. The second-order valence-electron chi connectivity index (χ2n) is 4.10. The number of carbonyl (C=O) groups excluding carboxylic acids is 1. The summed E-state index contributed by atoms with van der Waals surface area (Å²) in [6.07, 6.45) is 2.39. The van der Waals surface area contributed by atoms with Gasteiger partial charge < -0.3 is 11.1 Å². The van der Waals surface area contributed by atoms with Crippen LogP contribution in [0.5, 0.6) is 0 Å². The van der Waals surface area contributed by atoms with E-state index in [2.05, 4.69) is 10.3 Å². The fraction of sp³-hybridized carbons (Fsp3) is 0.143. The number of nitrogens with zero attached hydrogens (tertiary/aromatic N) is 1. The molecule has 0 bridgehead atoms. The number of hydrogen-bond acceptors (Lipinski definition) is 3. The van der Waals surface area contributed by atoms with Crippen molar-refractivity contribution in [2.75, 3.05) is 0 Å². The summed E-state index contributed by atoms with van der Waals surface area (Å²) < 4.78 is 12.9. The standard InChI is InChI=1S/C14H14FN3O/c15-13-5-12(8-17-9-13)14(19)18-7-11-3-1-10(6-16)2-4-11/h1-5,8-9H,6-7,16H2,(H,18,19). The molecule has 1 heterocycles. The maximum Gasteiger partial charge on any atom is 0.253 e. The number of halogens is 1. The predicted octanol–water partition coefficient (Wildman–Crippen LogP) is 1.61. The largest absolute Gasteiger partial charge is 0.348 e. The van der Waals surface area contributed by atoms with Gasteiger partial charge in [0.05, 0.1) is 11.8 Å². The van der Waals surface area contributed by atoms with Crippen LogP contribution in [0.2, 0.25) is 0 Å². The van der Waals surface area contributed by atoms with Gasteiger partial charge in [0.1, 0.15) is 5.82 Å². The minimum absolute atomic E-state index is 0.207. The Hall–Kier alpha value is -2.27. The van der Waals surface area contributed by atoms with Gasteiger partial charge in [-0.15, -0.1) is 0 Å². The second kappa shape index (κ2) is 6.06. The Morgan fingerprint density at radius 3 is 2.53 bits per heavy atom. The van der Waals surface area contributed by atoms with E-state index >= 15 is 0 Å². The molecule has 4 nitrogen and oxygen atoms in total. The summed E-state index contributed by atoms with van der Waals surface area (Å²) in [5, 5.41) is 2.70. The Morgan fingerprint density at radius 1 is 1.21 bits per heavy atom. The summed E-state index contributed by atoms with van der Waals surface area (Å²) in [5.41, 5.74) is 7.69. The lowest BCUT2D eigenvalue weighted by molar-refractivity contribution is 0.0950. The fourth-order valence-corrected chi connectivity index (χ4v) is 1.61. The SMILES string of the molecule is NCc1ccc(CNC(=O)c2cncc(F)c2)cc1. The lowest BCUT2D eigenvalue weighted by Crippen LogP contribution is -2.23. The third-order valence-electron chi connectivity index (χ3n) is 2.68. The summed E-state index contributed by atoms with van der Waals surface area (Å²) >= 11 is 0. The van der Waals surface area contributed by atoms with Gasteiger partial charge in [-0.25, -0.2) is 4.39 Å². The van der Waals surface area contributed by atoms with E-state index in [4.69, 9.17) is 5.73 Å². The third-order valence-corrected chi connectivity index (χ3v) is 2.68. The number of amides is 1. The first-order valence-electron chi connectivity index (χ1n) is 5.85. The van der Waals surface area contributed by atoms with E-state index in [1.165, 1.54) is 6.20 Å². The van der Waals surface area contributed by atoms with Crippen molar-refractivity contribution in [3.63, 3.8) is 0 Å². The first-order valence-corrected chi connectivity index (χ1v) is 5.85. The monoisotopic (exact) mass is 259 g/mol. The van der Waals surface area contributed by atoms with E-state index in [0.29, 0.717) is 13.1 Å². The van der Waals surface area contributed by atoms with Gasteiger partial charge in [-0.2, -0.15) is 0 Å². The van der Waals surface area contributed by atoms with Crippen LogP contribution >= 0.6 is 0 Å². The maximum absolute atomic E-state index is 12.9. The molecular weight excluding hydrogens is 245 g/mol. The summed E-state index contributed by atoms with van der Waals surface area (Å²) in [4.78, 5) is 15.4. The molecule has 2 aromatic rings. The second-order valence-corrected chi connectivity index (χ2v) is 4.10. The highest BCUT2D eigenvalue weighted by molar-refractivity contribution is 5.93. The van der Waals surface area contributed by atoms with Crippen LogP contribution in [0.25, 0.3) is 0 Å². The summed E-state index contributed by atoms with van der Waals surface area (Å²) in [6.45, 7) is 0.863. The molecule has 5 heteroatoms. The molecule has 0 saturated carbocycles. The molecule has 3 N–H and O–H groups in total. The van der Waals surface area contributed by atoms with Crippen LogP contribution < -0.4 is 11.1 Å². The summed E-state index contributed by atoms with van der Waals surface area (Å²) in [7, 11) is 0. The van der Waals surface area contributed by atoms with E-state index in [-0.39, 0.29) is 11.5 Å². The topological polar surface area (TPSA) is 68.0 Å². The van der Waals surface area contributed by atoms with Gasteiger partial charge in [-0.3, -0.25) is 9.78 Å². The van der Waals surface area contributed by atoms with Crippen molar-refractivity contribution in [2.45, 2.75) is 13.1 Å². The number of pyridine rings is 1. The van der Waals surface area contributed by atoms with Crippen LogP contribution in [0.15, 0.2) is 42.7 Å². The number of hydrogen-bond donors (Lipinski definition) is 2. The van der Waals surface area contributed by atoms with E-state index in [9.17, 15) is 9.18 Å². The number of aromatic nitrogens is 1. The average Bonchev–Trinajstić information content (AvgIpc) is 2.45. The molecule has 1 aromatic heterocycles. The Kier molecular flexibility index (Phi) is 4.20. The maximum atomic E-state index is 12.9. The Bertz CT molecular complexity index is 569. The van der Waals surface area contributed by atoms with Crippen molar-refractivity contribution >= 4 is 5.91 Å². The average molecular weight is 259 g/mol. The molecule has 0 aliphatic heterocycles. The van der Waals surface area contributed by atoms with Gasteiger partial charge in [0.25, 0.3) is 5.91 Å². The first kappa shape index (κ1) is 13.2. The van der Waals surface area contributed by atoms with E-state index < -0.39 is 5.82 Å². The third kappa shape index (κ3) is 3.59. The highest BCUT2D eigenvalue weighted by Gasteiger charge is 2.06. The predicted molar refractivity (Wildman–Crippen MR) is 69.7 cm³/mol. The van der Waals surface area contributed by atoms with Crippen molar-refractivity contribution in [2.24, 2.45) is 5.73 Å². The lowest BCUT2D eigenvalue weighted by Gasteiger charge is -2.06. The van der Waals surface area contributed by atoms with Crippen molar-refractivity contribution in [1.29, 1.82) is 0 Å². The van der Waals surface area contributed by atoms with Crippen LogP contribution in [0.3, 0.4) is 0 Å². The van der Waals surface area contributed by atoms with Crippen molar-refractivity contribution < 1.29 is 9.18 Å². The molecule has 0 unspecified atom stereocenters. The van der Waals surface area contributed by atoms with Crippen LogP contribution in [0, 0.1) is 5.82 Å². The van der Waals surface area contributed by atoms with E-state index in [0.717, 1.165) is 23.4 Å². The van der Waals surface area contributed by atoms with Crippen molar-refractivity contribution in [3.8, 4) is 0 Å². The Morgan fingerprint density at radius 2 is 1.89 bits per heavy atom. The van der Waals surface area contributed by atoms with Crippen LogP contribution in [-0.4, -0.2) is 10.9 Å². The minimum Gasteiger partial charge on any atom is -0.348 e. The smallest absolute Gasteiger partial charge is 0.253 e. The minimum atomic E-state index is -0.528. The number of nitrogens with one attached hydrogen (secondary N) is 1. The highest BCUT2D eigenvalue weighted by atomic mass is 19.1. The zero-order valence-corrected chi connectivity index (χ0v) is 10.3. The highest BCUT2D eigenvalue weighted by Crippen LogP contribution is 2.05. The van der Waals surface area contributed by atoms with Crippen LogP contribution in [0.4, 0.5) is 4.39 Å². The quantitative estimate of drug-likeness (QED) is 0.876. The summed E-state index contributed by atoms with van der Waals surface area (Å²) in [6, 6.07) is 8.76.